The summed E-state index contributed by atoms with van der Waals surface area (Å²) in [6.45, 7) is 0.108. The minimum Gasteiger partial charge on any atom is -0.456 e. The van der Waals surface area contributed by atoms with Gasteiger partial charge in [0.15, 0.2) is 0 Å². The molecule has 0 aliphatic carbocycles. The maximum absolute atomic E-state index is 12.7. The third-order valence-corrected chi connectivity index (χ3v) is 5.17. The second kappa shape index (κ2) is 10.2. The standard InChI is InChI=1S/C23H17ClINO3/c24-18-12-10-16(11-13-18)14-21(23(28)29-15-17-6-2-1-3-7-17)26-22(27)19-8-4-5-9-20(19)25/h1-14H,15H2,(H,26,27). The molecule has 0 atom stereocenters. The fourth-order valence-electron chi connectivity index (χ4n) is 2.51. The van der Waals surface area contributed by atoms with E-state index in [1.807, 2.05) is 42.5 Å². The van der Waals surface area contributed by atoms with E-state index in [0.717, 1.165) is 9.13 Å². The van der Waals surface area contributed by atoms with Gasteiger partial charge in [-0.2, -0.15) is 0 Å². The molecule has 6 heteroatoms. The molecular formula is C23H17ClINO3. The number of esters is 1. The van der Waals surface area contributed by atoms with E-state index >= 15 is 0 Å². The quantitative estimate of drug-likeness (QED) is 0.268. The van der Waals surface area contributed by atoms with Crippen LogP contribution in [0.3, 0.4) is 0 Å². The Morgan fingerprint density at radius 3 is 2.28 bits per heavy atom. The number of carbonyl (C=O) groups excluding carboxylic acids is 2. The predicted octanol–water partition coefficient (Wildman–Crippen LogP) is 5.46. The Bertz CT molecular complexity index is 1030. The largest absolute Gasteiger partial charge is 0.456 e. The summed E-state index contributed by atoms with van der Waals surface area (Å²) >= 11 is 8.01. The van der Waals surface area contributed by atoms with E-state index in [1.165, 1.54) is 0 Å². The zero-order chi connectivity index (χ0) is 20.6. The predicted molar refractivity (Wildman–Crippen MR) is 122 cm³/mol. The fourth-order valence-corrected chi connectivity index (χ4v) is 3.27. The van der Waals surface area contributed by atoms with Gasteiger partial charge in [-0.25, -0.2) is 4.79 Å². The SMILES string of the molecule is O=C(OCc1ccccc1)C(=Cc1ccc(Cl)cc1)NC(=O)c1ccccc1I. The van der Waals surface area contributed by atoms with Crippen LogP contribution in [0.2, 0.25) is 5.02 Å². The van der Waals surface area contributed by atoms with Crippen LogP contribution < -0.4 is 5.32 Å². The number of halogens is 2. The van der Waals surface area contributed by atoms with Crippen molar-refractivity contribution in [1.29, 1.82) is 0 Å². The van der Waals surface area contributed by atoms with Gasteiger partial charge in [0.2, 0.25) is 0 Å². The van der Waals surface area contributed by atoms with Crippen molar-refractivity contribution in [3.8, 4) is 0 Å². The maximum atomic E-state index is 12.7. The molecule has 3 aromatic rings. The van der Waals surface area contributed by atoms with Gasteiger partial charge in [-0.1, -0.05) is 66.2 Å². The Morgan fingerprint density at radius 1 is 0.931 bits per heavy atom. The zero-order valence-corrected chi connectivity index (χ0v) is 18.2. The summed E-state index contributed by atoms with van der Waals surface area (Å²) in [7, 11) is 0. The summed E-state index contributed by atoms with van der Waals surface area (Å²) < 4.78 is 6.19. The summed E-state index contributed by atoms with van der Waals surface area (Å²) in [5.74, 6) is -1.00. The zero-order valence-electron chi connectivity index (χ0n) is 15.3. The number of nitrogens with one attached hydrogen (secondary N) is 1. The van der Waals surface area contributed by atoms with Gasteiger partial charge in [0, 0.05) is 8.59 Å². The Balaban J connectivity index is 1.82. The summed E-state index contributed by atoms with van der Waals surface area (Å²) in [6, 6.07) is 23.4. The first-order chi connectivity index (χ1) is 14.0. The van der Waals surface area contributed by atoms with Crippen LogP contribution in [0.4, 0.5) is 0 Å². The molecule has 0 saturated carbocycles. The van der Waals surface area contributed by atoms with Gasteiger partial charge in [0.1, 0.15) is 12.3 Å². The lowest BCUT2D eigenvalue weighted by Gasteiger charge is -2.11. The highest BCUT2D eigenvalue weighted by Gasteiger charge is 2.17. The first-order valence-corrected chi connectivity index (χ1v) is 10.2. The first-order valence-electron chi connectivity index (χ1n) is 8.77. The second-order valence-corrected chi connectivity index (χ2v) is 7.70. The van der Waals surface area contributed by atoms with Gasteiger partial charge in [0.05, 0.1) is 5.56 Å². The number of benzene rings is 3. The molecule has 1 N–H and O–H groups in total. The van der Waals surface area contributed by atoms with Gasteiger partial charge < -0.3 is 10.1 Å². The lowest BCUT2D eigenvalue weighted by atomic mass is 10.1. The van der Waals surface area contributed by atoms with E-state index in [1.54, 1.807) is 42.5 Å². The summed E-state index contributed by atoms with van der Waals surface area (Å²) in [5.41, 5.74) is 2.10. The van der Waals surface area contributed by atoms with Crippen LogP contribution in [0, 0.1) is 3.57 Å². The average Bonchev–Trinajstić information content (AvgIpc) is 2.74. The molecule has 0 heterocycles. The van der Waals surface area contributed by atoms with E-state index in [-0.39, 0.29) is 18.2 Å². The monoisotopic (exact) mass is 517 g/mol. The Labute approximate surface area is 187 Å². The molecule has 0 saturated heterocycles. The average molecular weight is 518 g/mol. The number of amides is 1. The molecule has 146 valence electrons. The van der Waals surface area contributed by atoms with Crippen molar-refractivity contribution >= 4 is 52.1 Å². The molecular weight excluding hydrogens is 501 g/mol. The van der Waals surface area contributed by atoms with E-state index in [4.69, 9.17) is 16.3 Å². The highest BCUT2D eigenvalue weighted by atomic mass is 127. The minimum atomic E-state index is -0.622. The topological polar surface area (TPSA) is 55.4 Å². The lowest BCUT2D eigenvalue weighted by molar-refractivity contribution is -0.140. The van der Waals surface area contributed by atoms with Gasteiger partial charge in [0.25, 0.3) is 5.91 Å². The van der Waals surface area contributed by atoms with Crippen molar-refractivity contribution in [3.63, 3.8) is 0 Å². The van der Waals surface area contributed by atoms with Crippen LogP contribution in [0.5, 0.6) is 0 Å². The number of rotatable bonds is 6. The molecule has 0 bridgehead atoms. The van der Waals surface area contributed by atoms with Crippen LogP contribution in [-0.2, 0) is 16.1 Å². The molecule has 3 rings (SSSR count). The number of carbonyl (C=O) groups is 2. The molecule has 0 spiro atoms. The molecule has 0 unspecified atom stereocenters. The fraction of sp³-hybridized carbons (Fsp3) is 0.0435. The van der Waals surface area contributed by atoms with Crippen molar-refractivity contribution in [3.05, 3.63) is 110 Å². The smallest absolute Gasteiger partial charge is 0.355 e. The van der Waals surface area contributed by atoms with Crippen molar-refractivity contribution in [2.45, 2.75) is 6.61 Å². The molecule has 1 amide bonds. The van der Waals surface area contributed by atoms with Crippen molar-refractivity contribution in [2.24, 2.45) is 0 Å². The lowest BCUT2D eigenvalue weighted by Crippen LogP contribution is -2.29. The summed E-state index contributed by atoms with van der Waals surface area (Å²) in [6.07, 6.45) is 1.57. The van der Waals surface area contributed by atoms with Crippen molar-refractivity contribution in [1.82, 2.24) is 5.32 Å². The normalized spacial score (nSPS) is 11.0. The first kappa shape index (κ1) is 21.1. The van der Waals surface area contributed by atoms with Crippen LogP contribution in [-0.4, -0.2) is 11.9 Å². The van der Waals surface area contributed by atoms with E-state index < -0.39 is 5.97 Å². The van der Waals surface area contributed by atoms with Crippen LogP contribution in [0.15, 0.2) is 84.6 Å². The van der Waals surface area contributed by atoms with Gasteiger partial charge in [-0.3, -0.25) is 4.79 Å². The van der Waals surface area contributed by atoms with Crippen LogP contribution in [0.25, 0.3) is 6.08 Å². The molecule has 0 fully saturated rings. The summed E-state index contributed by atoms with van der Waals surface area (Å²) in [4.78, 5) is 25.4. The van der Waals surface area contributed by atoms with Crippen molar-refractivity contribution < 1.29 is 14.3 Å². The van der Waals surface area contributed by atoms with Gasteiger partial charge >= 0.3 is 5.97 Å². The molecule has 0 aliphatic heterocycles. The van der Waals surface area contributed by atoms with Crippen LogP contribution in [0.1, 0.15) is 21.5 Å². The highest BCUT2D eigenvalue weighted by molar-refractivity contribution is 14.1. The third kappa shape index (κ3) is 6.17. The van der Waals surface area contributed by atoms with E-state index in [0.29, 0.717) is 16.1 Å². The van der Waals surface area contributed by atoms with Gasteiger partial charge in [-0.15, -0.1) is 0 Å². The Kier molecular flexibility index (Phi) is 7.43. The molecule has 29 heavy (non-hydrogen) atoms. The molecule has 0 aromatic heterocycles. The number of ether oxygens (including phenoxy) is 1. The van der Waals surface area contributed by atoms with Crippen molar-refractivity contribution in [2.75, 3.05) is 0 Å². The Hall–Kier alpha value is -2.64. The number of hydrogen-bond donors (Lipinski definition) is 1. The van der Waals surface area contributed by atoms with Crippen LogP contribution >= 0.6 is 34.2 Å². The Morgan fingerprint density at radius 2 is 1.59 bits per heavy atom. The molecule has 4 nitrogen and oxygen atoms in total. The maximum Gasteiger partial charge on any atom is 0.355 e. The summed E-state index contributed by atoms with van der Waals surface area (Å²) in [5, 5.41) is 3.26. The highest BCUT2D eigenvalue weighted by Crippen LogP contribution is 2.15. The minimum absolute atomic E-state index is 0.0490. The third-order valence-electron chi connectivity index (χ3n) is 3.98. The van der Waals surface area contributed by atoms with E-state index in [2.05, 4.69) is 27.9 Å². The number of hydrogen-bond acceptors (Lipinski definition) is 3. The van der Waals surface area contributed by atoms with E-state index in [9.17, 15) is 9.59 Å². The molecule has 0 radical (unpaired) electrons. The molecule has 3 aromatic carbocycles. The second-order valence-electron chi connectivity index (χ2n) is 6.11. The van der Waals surface area contributed by atoms with Gasteiger partial charge in [-0.05, 0) is 64.1 Å². The molecule has 0 aliphatic rings.